The number of morpholine rings is 1. The minimum absolute atomic E-state index is 0.0619. The molecular weight excluding hydrogens is 384 g/mol. The van der Waals surface area contributed by atoms with Gasteiger partial charge in [0.1, 0.15) is 18.3 Å². The van der Waals surface area contributed by atoms with Gasteiger partial charge in [-0.15, -0.1) is 0 Å². The van der Waals surface area contributed by atoms with Crippen LogP contribution in [-0.4, -0.2) is 55.3 Å². The number of nitrogens with one attached hydrogen (secondary N) is 1. The van der Waals surface area contributed by atoms with Crippen LogP contribution in [0.25, 0.3) is 11.2 Å². The molecule has 0 radical (unpaired) electrons. The lowest BCUT2D eigenvalue weighted by Crippen LogP contribution is -2.46. The normalized spacial score (nSPS) is 19.9. The topological polar surface area (TPSA) is 101 Å². The molecule has 0 bridgehead atoms. The molecule has 0 amide bonds. The van der Waals surface area contributed by atoms with Crippen molar-refractivity contribution < 1.29 is 14.3 Å². The van der Waals surface area contributed by atoms with E-state index < -0.39 is 0 Å². The monoisotopic (exact) mass is 406 g/mol. The number of hydrogen-bond donors (Lipinski definition) is 2. The third-order valence-corrected chi connectivity index (χ3v) is 5.09. The second-order valence-electron chi connectivity index (χ2n) is 7.21. The highest BCUT2D eigenvalue weighted by Gasteiger charge is 2.30. The zero-order valence-corrected chi connectivity index (χ0v) is 16.3. The molecular formula is C21H22N6O3. The molecule has 5 rings (SSSR count). The zero-order chi connectivity index (χ0) is 20.3. The first-order chi connectivity index (χ1) is 14.8. The summed E-state index contributed by atoms with van der Waals surface area (Å²) >= 11 is 0. The third-order valence-electron chi connectivity index (χ3n) is 5.09. The molecule has 4 aromatic rings. The standard InChI is InChI=1S/C21H22N6O3/c28-12-17-10-26(9-16-7-4-8-29-16)11-18(30-17)27-14-24-19-20(22-13-23-21(19)27)25-15-5-2-1-3-6-15/h1-8,13-14,17-18,28H,9-12H2,(H,22,23,25)/t17-,18+/m0/s1. The zero-order valence-electron chi connectivity index (χ0n) is 16.3. The molecule has 1 saturated heterocycles. The van der Waals surface area contributed by atoms with Gasteiger partial charge in [-0.3, -0.25) is 9.47 Å². The molecule has 0 saturated carbocycles. The second kappa shape index (κ2) is 8.23. The predicted octanol–water partition coefficient (Wildman–Crippen LogP) is 2.55. The maximum absolute atomic E-state index is 9.74. The van der Waals surface area contributed by atoms with Gasteiger partial charge in [0.25, 0.3) is 0 Å². The molecule has 9 heteroatoms. The van der Waals surface area contributed by atoms with Crippen LogP contribution in [0.5, 0.6) is 0 Å². The second-order valence-corrected chi connectivity index (χ2v) is 7.21. The van der Waals surface area contributed by atoms with E-state index in [0.717, 1.165) is 11.4 Å². The first-order valence-electron chi connectivity index (χ1n) is 9.81. The molecule has 0 aliphatic carbocycles. The lowest BCUT2D eigenvalue weighted by atomic mass is 10.2. The lowest BCUT2D eigenvalue weighted by molar-refractivity contribution is -0.136. The van der Waals surface area contributed by atoms with Crippen molar-refractivity contribution in [1.82, 2.24) is 24.4 Å². The highest BCUT2D eigenvalue weighted by atomic mass is 16.5. The van der Waals surface area contributed by atoms with Gasteiger partial charge in [0, 0.05) is 18.8 Å². The van der Waals surface area contributed by atoms with Crippen LogP contribution >= 0.6 is 0 Å². The summed E-state index contributed by atoms with van der Waals surface area (Å²) in [4.78, 5) is 15.5. The van der Waals surface area contributed by atoms with Crippen LogP contribution in [0.3, 0.4) is 0 Å². The van der Waals surface area contributed by atoms with E-state index in [1.165, 1.54) is 6.33 Å². The number of ether oxygens (including phenoxy) is 1. The Kier molecular flexibility index (Phi) is 5.14. The van der Waals surface area contributed by atoms with Gasteiger partial charge in [-0.1, -0.05) is 18.2 Å². The Morgan fingerprint density at radius 2 is 1.97 bits per heavy atom. The van der Waals surface area contributed by atoms with Crippen LogP contribution in [-0.2, 0) is 11.3 Å². The summed E-state index contributed by atoms with van der Waals surface area (Å²) in [6.45, 7) is 1.82. The molecule has 154 valence electrons. The van der Waals surface area contributed by atoms with Gasteiger partial charge >= 0.3 is 0 Å². The van der Waals surface area contributed by atoms with E-state index in [0.29, 0.717) is 36.6 Å². The summed E-state index contributed by atoms with van der Waals surface area (Å²) in [6.07, 6.45) is 4.25. The van der Waals surface area contributed by atoms with E-state index >= 15 is 0 Å². The highest BCUT2D eigenvalue weighted by molar-refractivity contribution is 5.85. The van der Waals surface area contributed by atoms with Crippen molar-refractivity contribution in [2.24, 2.45) is 0 Å². The summed E-state index contributed by atoms with van der Waals surface area (Å²) in [5.74, 6) is 1.51. The summed E-state index contributed by atoms with van der Waals surface area (Å²) < 4.78 is 13.5. The van der Waals surface area contributed by atoms with Crippen LogP contribution in [0.4, 0.5) is 11.5 Å². The Hall–Kier alpha value is -3.27. The summed E-state index contributed by atoms with van der Waals surface area (Å²) in [6, 6.07) is 13.6. The number of benzene rings is 1. The fourth-order valence-corrected chi connectivity index (χ4v) is 3.71. The molecule has 1 aromatic carbocycles. The van der Waals surface area contributed by atoms with Gasteiger partial charge in [-0.25, -0.2) is 15.0 Å². The van der Waals surface area contributed by atoms with E-state index in [9.17, 15) is 5.11 Å². The van der Waals surface area contributed by atoms with Crippen LogP contribution in [0, 0.1) is 0 Å². The number of nitrogens with zero attached hydrogens (tertiary/aromatic N) is 5. The molecule has 4 heterocycles. The van der Waals surface area contributed by atoms with Crippen molar-refractivity contribution in [3.05, 3.63) is 67.1 Å². The smallest absolute Gasteiger partial charge is 0.167 e. The fraction of sp³-hybridized carbons (Fsp3) is 0.286. The molecule has 9 nitrogen and oxygen atoms in total. The van der Waals surface area contributed by atoms with Crippen LogP contribution < -0.4 is 5.32 Å². The molecule has 0 spiro atoms. The van der Waals surface area contributed by atoms with E-state index in [2.05, 4.69) is 25.2 Å². The van der Waals surface area contributed by atoms with Gasteiger partial charge in [-0.2, -0.15) is 0 Å². The number of aliphatic hydroxyl groups excluding tert-OH is 1. The molecule has 1 aliphatic rings. The molecule has 3 aromatic heterocycles. The molecule has 2 atom stereocenters. The number of fused-ring (bicyclic) bond motifs is 1. The maximum Gasteiger partial charge on any atom is 0.167 e. The van der Waals surface area contributed by atoms with E-state index in [-0.39, 0.29) is 18.9 Å². The quantitative estimate of drug-likeness (QED) is 0.504. The number of anilines is 2. The van der Waals surface area contributed by atoms with Crippen molar-refractivity contribution in [3.8, 4) is 0 Å². The van der Waals surface area contributed by atoms with Crippen molar-refractivity contribution in [2.45, 2.75) is 18.9 Å². The SMILES string of the molecule is OC[C@@H]1CN(Cc2ccco2)C[C@H](n2cnc3c(Nc4ccccc4)ncnc32)O1. The van der Waals surface area contributed by atoms with Gasteiger partial charge in [0.15, 0.2) is 17.0 Å². The van der Waals surface area contributed by atoms with Crippen LogP contribution in [0.15, 0.2) is 65.8 Å². The van der Waals surface area contributed by atoms with Crippen molar-refractivity contribution in [2.75, 3.05) is 25.0 Å². The number of imidazole rings is 1. The maximum atomic E-state index is 9.74. The molecule has 1 fully saturated rings. The number of rotatable bonds is 6. The molecule has 2 N–H and O–H groups in total. The Labute approximate surface area is 173 Å². The molecule has 30 heavy (non-hydrogen) atoms. The molecule has 0 unspecified atom stereocenters. The number of hydrogen-bond acceptors (Lipinski definition) is 8. The lowest BCUT2D eigenvalue weighted by Gasteiger charge is -2.37. The summed E-state index contributed by atoms with van der Waals surface area (Å²) in [5, 5.41) is 13.0. The first-order valence-corrected chi connectivity index (χ1v) is 9.81. The summed E-state index contributed by atoms with van der Waals surface area (Å²) in [7, 11) is 0. The van der Waals surface area contributed by atoms with Crippen LogP contribution in [0.2, 0.25) is 0 Å². The third kappa shape index (κ3) is 3.78. The van der Waals surface area contributed by atoms with Gasteiger partial charge in [0.05, 0.1) is 31.8 Å². The highest BCUT2D eigenvalue weighted by Crippen LogP contribution is 2.27. The number of furan rings is 1. The summed E-state index contributed by atoms with van der Waals surface area (Å²) in [5.41, 5.74) is 2.25. The minimum atomic E-state index is -0.338. The van der Waals surface area contributed by atoms with Crippen LogP contribution in [0.1, 0.15) is 12.0 Å². The Morgan fingerprint density at radius 3 is 2.77 bits per heavy atom. The van der Waals surface area contributed by atoms with Gasteiger partial charge < -0.3 is 19.6 Å². The minimum Gasteiger partial charge on any atom is -0.468 e. The fourth-order valence-electron chi connectivity index (χ4n) is 3.71. The van der Waals surface area contributed by atoms with Crippen molar-refractivity contribution in [1.29, 1.82) is 0 Å². The van der Waals surface area contributed by atoms with Gasteiger partial charge in [0.2, 0.25) is 0 Å². The van der Waals surface area contributed by atoms with E-state index in [4.69, 9.17) is 9.15 Å². The average Bonchev–Trinajstić information content (AvgIpc) is 3.44. The van der Waals surface area contributed by atoms with Crippen molar-refractivity contribution in [3.63, 3.8) is 0 Å². The largest absolute Gasteiger partial charge is 0.468 e. The Bertz CT molecular complexity index is 1100. The van der Waals surface area contributed by atoms with E-state index in [1.54, 1.807) is 12.6 Å². The Balaban J connectivity index is 1.42. The predicted molar refractivity (Wildman–Crippen MR) is 110 cm³/mol. The number of aromatic nitrogens is 4. The number of aliphatic hydroxyl groups is 1. The number of para-hydroxylation sites is 1. The molecule has 1 aliphatic heterocycles. The van der Waals surface area contributed by atoms with Crippen molar-refractivity contribution >= 4 is 22.7 Å². The Morgan fingerprint density at radius 1 is 1.07 bits per heavy atom. The van der Waals surface area contributed by atoms with E-state index in [1.807, 2.05) is 47.0 Å². The van der Waals surface area contributed by atoms with Gasteiger partial charge in [-0.05, 0) is 24.3 Å². The average molecular weight is 406 g/mol. The first kappa shape index (κ1) is 18.7.